The minimum atomic E-state index is -1.66. The maximum Gasteiger partial charge on any atom is 0.394 e. The normalized spacial score (nSPS) is 26.2. The number of rotatable bonds is 1. The Labute approximate surface area is 79.1 Å². The topological polar surface area (TPSA) is 121 Å². The van der Waals surface area contributed by atoms with Crippen molar-refractivity contribution in [1.82, 2.24) is 4.90 Å². The van der Waals surface area contributed by atoms with Crippen LogP contribution in [0.25, 0.3) is 0 Å². The fourth-order valence-electron chi connectivity index (χ4n) is 1.45. The summed E-state index contributed by atoms with van der Waals surface area (Å²) in [5.74, 6) is -4.11. The third kappa shape index (κ3) is 1.82. The lowest BCUT2D eigenvalue weighted by molar-refractivity contribution is -0.159. The van der Waals surface area contributed by atoms with Crippen LogP contribution in [0.2, 0.25) is 0 Å². The molecule has 7 heteroatoms. The summed E-state index contributed by atoms with van der Waals surface area (Å²) >= 11 is 0. The first-order valence-corrected chi connectivity index (χ1v) is 3.95. The van der Waals surface area contributed by atoms with Gasteiger partial charge in [0.15, 0.2) is 0 Å². The second-order valence-corrected chi connectivity index (χ2v) is 3.11. The molecule has 4 N–H and O–H groups in total. The van der Waals surface area contributed by atoms with Crippen molar-refractivity contribution in [2.75, 3.05) is 6.54 Å². The van der Waals surface area contributed by atoms with Gasteiger partial charge in [0.2, 0.25) is 0 Å². The number of carboxylic acid groups (broad SMARTS) is 2. The predicted molar refractivity (Wildman–Crippen MR) is 43.4 cm³/mol. The Kier molecular flexibility index (Phi) is 2.70. The van der Waals surface area contributed by atoms with Gasteiger partial charge < -0.3 is 20.8 Å². The van der Waals surface area contributed by atoms with Crippen molar-refractivity contribution < 1.29 is 24.6 Å². The molecule has 0 radical (unpaired) electrons. The van der Waals surface area contributed by atoms with E-state index in [2.05, 4.69) is 0 Å². The van der Waals surface area contributed by atoms with Gasteiger partial charge in [0.25, 0.3) is 0 Å². The van der Waals surface area contributed by atoms with Crippen LogP contribution >= 0.6 is 0 Å². The minimum absolute atomic E-state index is 0.0257. The van der Waals surface area contributed by atoms with Crippen molar-refractivity contribution in [3.8, 4) is 0 Å². The number of hydrogen-bond donors (Lipinski definition) is 3. The molecule has 1 rings (SSSR count). The lowest BCUT2D eigenvalue weighted by Gasteiger charge is -2.18. The molecule has 0 spiro atoms. The van der Waals surface area contributed by atoms with Gasteiger partial charge in [0, 0.05) is 12.6 Å². The predicted octanol–water partition coefficient (Wildman–Crippen LogP) is -1.92. The molecule has 1 saturated heterocycles. The van der Waals surface area contributed by atoms with Crippen LogP contribution in [0.5, 0.6) is 0 Å². The molecule has 1 aliphatic rings. The highest BCUT2D eigenvalue weighted by Crippen LogP contribution is 2.16. The molecule has 1 fully saturated rings. The van der Waals surface area contributed by atoms with Crippen molar-refractivity contribution in [3.05, 3.63) is 0 Å². The molecule has 1 aliphatic heterocycles. The second kappa shape index (κ2) is 3.62. The van der Waals surface area contributed by atoms with Gasteiger partial charge in [-0.25, -0.2) is 9.59 Å². The molecule has 78 valence electrons. The molecule has 2 atom stereocenters. The van der Waals surface area contributed by atoms with Crippen LogP contribution < -0.4 is 5.73 Å². The van der Waals surface area contributed by atoms with Gasteiger partial charge in [-0.2, -0.15) is 0 Å². The third-order valence-corrected chi connectivity index (χ3v) is 2.06. The molecule has 0 saturated carbocycles. The number of hydrogen-bond acceptors (Lipinski definition) is 4. The minimum Gasteiger partial charge on any atom is -0.480 e. The van der Waals surface area contributed by atoms with Crippen LogP contribution in [0.4, 0.5) is 0 Å². The lowest BCUT2D eigenvalue weighted by atomic mass is 10.2. The van der Waals surface area contributed by atoms with Crippen molar-refractivity contribution >= 4 is 17.8 Å². The van der Waals surface area contributed by atoms with E-state index in [4.69, 9.17) is 15.9 Å². The van der Waals surface area contributed by atoms with Crippen LogP contribution in [0.3, 0.4) is 0 Å². The largest absolute Gasteiger partial charge is 0.480 e. The van der Waals surface area contributed by atoms with E-state index in [0.29, 0.717) is 0 Å². The summed E-state index contributed by atoms with van der Waals surface area (Å²) in [6, 6.07) is -1.59. The number of carbonyl (C=O) groups is 3. The monoisotopic (exact) mass is 202 g/mol. The Morgan fingerprint density at radius 2 is 1.86 bits per heavy atom. The standard InChI is InChI=1S/C7H10N2O5/c8-3-1-4(6(11)12)9(2-3)5(10)7(13)14/h3-4H,1-2,8H2,(H,11,12)(H,13,14). The van der Waals surface area contributed by atoms with Gasteiger partial charge in [-0.15, -0.1) is 0 Å². The van der Waals surface area contributed by atoms with E-state index in [0.717, 1.165) is 4.90 Å². The summed E-state index contributed by atoms with van der Waals surface area (Å²) in [5, 5.41) is 17.1. The quantitative estimate of drug-likeness (QED) is 0.426. The third-order valence-electron chi connectivity index (χ3n) is 2.06. The molecule has 0 bridgehead atoms. The lowest BCUT2D eigenvalue weighted by Crippen LogP contribution is -2.44. The molecule has 2 unspecified atom stereocenters. The van der Waals surface area contributed by atoms with Crippen LogP contribution in [0.15, 0.2) is 0 Å². The first-order chi connectivity index (χ1) is 6.43. The van der Waals surface area contributed by atoms with Crippen LogP contribution in [-0.2, 0) is 14.4 Å². The fourth-order valence-corrected chi connectivity index (χ4v) is 1.45. The van der Waals surface area contributed by atoms with Crippen molar-refractivity contribution in [2.24, 2.45) is 5.73 Å². The van der Waals surface area contributed by atoms with Crippen molar-refractivity contribution in [2.45, 2.75) is 18.5 Å². The summed E-state index contributed by atoms with van der Waals surface area (Å²) in [7, 11) is 0. The molecule has 0 aromatic carbocycles. The molecule has 1 amide bonds. The van der Waals surface area contributed by atoms with Gasteiger partial charge in [-0.3, -0.25) is 4.79 Å². The molecule has 0 aromatic rings. The Bertz CT molecular complexity index is 290. The summed E-state index contributed by atoms with van der Waals surface area (Å²) in [6.45, 7) is -0.0257. The highest BCUT2D eigenvalue weighted by Gasteiger charge is 2.40. The van der Waals surface area contributed by atoms with Crippen molar-refractivity contribution in [1.29, 1.82) is 0 Å². The zero-order valence-corrected chi connectivity index (χ0v) is 7.21. The average molecular weight is 202 g/mol. The van der Waals surface area contributed by atoms with E-state index >= 15 is 0 Å². The zero-order valence-electron chi connectivity index (χ0n) is 7.21. The first-order valence-electron chi connectivity index (χ1n) is 3.95. The SMILES string of the molecule is NC1CC(C(=O)O)N(C(=O)C(=O)O)C1. The molecule has 0 aliphatic carbocycles. The number of aliphatic carboxylic acids is 2. The molecule has 14 heavy (non-hydrogen) atoms. The second-order valence-electron chi connectivity index (χ2n) is 3.11. The summed E-state index contributed by atoms with van der Waals surface area (Å²) in [4.78, 5) is 32.8. The number of amides is 1. The molecular formula is C7H10N2O5. The Morgan fingerprint density at radius 1 is 1.29 bits per heavy atom. The summed E-state index contributed by atoms with van der Waals surface area (Å²) < 4.78 is 0. The van der Waals surface area contributed by atoms with Crippen LogP contribution in [-0.4, -0.2) is 51.6 Å². The Balaban J connectivity index is 2.81. The average Bonchev–Trinajstić information content (AvgIpc) is 2.45. The number of nitrogens with zero attached hydrogens (tertiary/aromatic N) is 1. The summed E-state index contributed by atoms with van der Waals surface area (Å²) in [6.07, 6.45) is 0.0916. The van der Waals surface area contributed by atoms with Gasteiger partial charge >= 0.3 is 17.8 Å². The van der Waals surface area contributed by atoms with E-state index < -0.39 is 29.9 Å². The van der Waals surface area contributed by atoms with E-state index in [1.807, 2.05) is 0 Å². The van der Waals surface area contributed by atoms with Gasteiger partial charge in [0.1, 0.15) is 6.04 Å². The van der Waals surface area contributed by atoms with E-state index in [-0.39, 0.29) is 13.0 Å². The Morgan fingerprint density at radius 3 is 2.29 bits per heavy atom. The van der Waals surface area contributed by atoms with Gasteiger partial charge in [0.05, 0.1) is 0 Å². The highest BCUT2D eigenvalue weighted by atomic mass is 16.4. The maximum atomic E-state index is 11.0. The molecule has 7 nitrogen and oxygen atoms in total. The smallest absolute Gasteiger partial charge is 0.394 e. The highest BCUT2D eigenvalue weighted by molar-refractivity contribution is 6.31. The molecule has 0 aromatic heterocycles. The maximum absolute atomic E-state index is 11.0. The van der Waals surface area contributed by atoms with Crippen LogP contribution in [0.1, 0.15) is 6.42 Å². The number of carboxylic acids is 2. The first kappa shape index (κ1) is 10.5. The summed E-state index contributed by atoms with van der Waals surface area (Å²) in [5.41, 5.74) is 5.44. The molecule has 1 heterocycles. The molecular weight excluding hydrogens is 192 g/mol. The van der Waals surface area contributed by atoms with Gasteiger partial charge in [-0.1, -0.05) is 0 Å². The zero-order chi connectivity index (χ0) is 10.9. The van der Waals surface area contributed by atoms with E-state index in [1.54, 1.807) is 0 Å². The number of nitrogens with two attached hydrogens (primary N) is 1. The van der Waals surface area contributed by atoms with E-state index in [9.17, 15) is 14.4 Å². The van der Waals surface area contributed by atoms with Crippen molar-refractivity contribution in [3.63, 3.8) is 0 Å². The van der Waals surface area contributed by atoms with Crippen LogP contribution in [0, 0.1) is 0 Å². The fraction of sp³-hybridized carbons (Fsp3) is 0.571. The van der Waals surface area contributed by atoms with E-state index in [1.165, 1.54) is 0 Å². The van der Waals surface area contributed by atoms with Gasteiger partial charge in [-0.05, 0) is 6.42 Å². The Hall–Kier alpha value is -1.63. The number of likely N-dealkylation sites (tertiary alicyclic amines) is 1. The number of carbonyl (C=O) groups excluding carboxylic acids is 1.